The molecule has 0 unspecified atom stereocenters. The van der Waals surface area contributed by atoms with E-state index in [1.165, 1.54) is 7.11 Å². The van der Waals surface area contributed by atoms with Crippen LogP contribution in [0.1, 0.15) is 16.7 Å². The number of ether oxygens (including phenoxy) is 3. The second-order valence-electron chi connectivity index (χ2n) is 7.71. The minimum Gasteiger partial charge on any atom is -0.454 e. The summed E-state index contributed by atoms with van der Waals surface area (Å²) in [5.74, 6) is 1.20. The third-order valence-corrected chi connectivity index (χ3v) is 5.29. The van der Waals surface area contributed by atoms with Crippen molar-refractivity contribution in [3.8, 4) is 11.5 Å². The lowest BCUT2D eigenvalue weighted by Crippen LogP contribution is -2.33. The van der Waals surface area contributed by atoms with Gasteiger partial charge in [0.25, 0.3) is 5.91 Å². The zero-order valence-corrected chi connectivity index (χ0v) is 18.5. The average molecular weight is 447 g/mol. The predicted octanol–water partition coefficient (Wildman–Crippen LogP) is 3.45. The molecule has 2 amide bonds. The summed E-state index contributed by atoms with van der Waals surface area (Å²) in [4.78, 5) is 26.7. The lowest BCUT2D eigenvalue weighted by Gasteiger charge is -2.23. The molecule has 7 heteroatoms. The van der Waals surface area contributed by atoms with Gasteiger partial charge in [-0.25, -0.2) is 0 Å². The fourth-order valence-electron chi connectivity index (χ4n) is 3.58. The summed E-state index contributed by atoms with van der Waals surface area (Å²) in [5.41, 5.74) is 3.58. The van der Waals surface area contributed by atoms with E-state index in [2.05, 4.69) is 5.32 Å². The molecule has 1 heterocycles. The van der Waals surface area contributed by atoms with Crippen molar-refractivity contribution in [3.63, 3.8) is 0 Å². The lowest BCUT2D eigenvalue weighted by molar-refractivity contribution is -0.122. The van der Waals surface area contributed by atoms with E-state index in [0.717, 1.165) is 28.1 Å². The molecule has 3 aromatic carbocycles. The maximum absolute atomic E-state index is 12.6. The van der Waals surface area contributed by atoms with Crippen LogP contribution in [0.5, 0.6) is 11.5 Å². The maximum Gasteiger partial charge on any atom is 0.253 e. The van der Waals surface area contributed by atoms with Crippen molar-refractivity contribution in [1.82, 2.24) is 5.32 Å². The smallest absolute Gasteiger partial charge is 0.253 e. The molecule has 1 aliphatic heterocycles. The molecule has 0 saturated carbocycles. The van der Waals surface area contributed by atoms with Crippen molar-refractivity contribution in [1.29, 1.82) is 0 Å². The van der Waals surface area contributed by atoms with Gasteiger partial charge in [-0.3, -0.25) is 9.59 Å². The van der Waals surface area contributed by atoms with Gasteiger partial charge >= 0.3 is 0 Å². The summed E-state index contributed by atoms with van der Waals surface area (Å²) in [7, 11) is 1.50. The van der Waals surface area contributed by atoms with Crippen LogP contribution in [0.15, 0.2) is 72.8 Å². The van der Waals surface area contributed by atoms with Crippen LogP contribution in [0.2, 0.25) is 0 Å². The molecule has 0 saturated heterocycles. The molecule has 170 valence electrons. The number of hydrogen-bond donors (Lipinski definition) is 1. The molecule has 4 rings (SSSR count). The van der Waals surface area contributed by atoms with E-state index in [1.54, 1.807) is 4.90 Å². The van der Waals surface area contributed by atoms with Gasteiger partial charge in [0.15, 0.2) is 11.5 Å². The summed E-state index contributed by atoms with van der Waals surface area (Å²) in [5, 5.41) is 2.93. The molecule has 33 heavy (non-hydrogen) atoms. The summed E-state index contributed by atoms with van der Waals surface area (Å²) in [6.07, 6.45) is 0.246. The van der Waals surface area contributed by atoms with E-state index in [9.17, 15) is 9.59 Å². The maximum atomic E-state index is 12.6. The van der Waals surface area contributed by atoms with E-state index in [4.69, 9.17) is 14.2 Å². The standard InChI is InChI=1S/C26H26N2O5/c1-31-17-26(30)28(16-20-5-3-2-4-6-20)22-10-7-19(8-11-22)14-25(29)27-15-21-9-12-23-24(13-21)33-18-32-23/h2-13H,14-18H2,1H3,(H,27,29). The Labute approximate surface area is 192 Å². The quantitative estimate of drug-likeness (QED) is 0.545. The van der Waals surface area contributed by atoms with Gasteiger partial charge in [0, 0.05) is 19.3 Å². The van der Waals surface area contributed by atoms with E-state index in [0.29, 0.717) is 18.8 Å². The number of carbonyl (C=O) groups excluding carboxylic acids is 2. The number of nitrogens with zero attached hydrogens (tertiary/aromatic N) is 1. The van der Waals surface area contributed by atoms with Crippen LogP contribution in [0.4, 0.5) is 5.69 Å². The first-order valence-electron chi connectivity index (χ1n) is 10.7. The molecular weight excluding hydrogens is 420 g/mol. The third-order valence-electron chi connectivity index (χ3n) is 5.29. The lowest BCUT2D eigenvalue weighted by atomic mass is 10.1. The first-order valence-corrected chi connectivity index (χ1v) is 10.7. The fourth-order valence-corrected chi connectivity index (χ4v) is 3.58. The molecule has 0 atom stereocenters. The number of amides is 2. The topological polar surface area (TPSA) is 77.1 Å². The van der Waals surface area contributed by atoms with Crippen molar-refractivity contribution >= 4 is 17.5 Å². The number of anilines is 1. The minimum absolute atomic E-state index is 0.00313. The van der Waals surface area contributed by atoms with Gasteiger partial charge in [0.2, 0.25) is 12.7 Å². The average Bonchev–Trinajstić information content (AvgIpc) is 3.31. The molecule has 0 radical (unpaired) electrons. The SMILES string of the molecule is COCC(=O)N(Cc1ccccc1)c1ccc(CC(=O)NCc2ccc3c(c2)OCO3)cc1. The van der Waals surface area contributed by atoms with Gasteiger partial charge in [-0.15, -0.1) is 0 Å². The summed E-state index contributed by atoms with van der Waals surface area (Å²) >= 11 is 0. The second-order valence-corrected chi connectivity index (χ2v) is 7.71. The minimum atomic E-state index is -0.129. The number of carbonyl (C=O) groups is 2. The van der Waals surface area contributed by atoms with Gasteiger partial charge in [-0.1, -0.05) is 48.5 Å². The number of nitrogens with one attached hydrogen (secondary N) is 1. The Hall–Kier alpha value is -3.84. The van der Waals surface area contributed by atoms with Gasteiger partial charge < -0.3 is 24.4 Å². The molecular formula is C26H26N2O5. The molecule has 1 N–H and O–H groups in total. The first-order chi connectivity index (χ1) is 16.1. The highest BCUT2D eigenvalue weighted by Gasteiger charge is 2.17. The third kappa shape index (κ3) is 5.90. The first kappa shape index (κ1) is 22.4. The number of rotatable bonds is 9. The number of benzene rings is 3. The van der Waals surface area contributed by atoms with Crippen LogP contribution in [0.25, 0.3) is 0 Å². The monoisotopic (exact) mass is 446 g/mol. The van der Waals surface area contributed by atoms with Crippen molar-refractivity contribution < 1.29 is 23.8 Å². The van der Waals surface area contributed by atoms with E-state index >= 15 is 0 Å². The van der Waals surface area contributed by atoms with Crippen LogP contribution in [-0.4, -0.2) is 32.3 Å². The second kappa shape index (κ2) is 10.7. The Bertz CT molecular complexity index is 1100. The molecule has 3 aromatic rings. The van der Waals surface area contributed by atoms with Crippen molar-refractivity contribution in [2.75, 3.05) is 25.4 Å². The largest absolute Gasteiger partial charge is 0.454 e. The Kier molecular flexibility index (Phi) is 7.22. The van der Waals surface area contributed by atoms with Crippen molar-refractivity contribution in [2.45, 2.75) is 19.5 Å². The zero-order chi connectivity index (χ0) is 23.0. The normalized spacial score (nSPS) is 11.8. The van der Waals surface area contributed by atoms with Crippen LogP contribution >= 0.6 is 0 Å². The molecule has 7 nitrogen and oxygen atoms in total. The highest BCUT2D eigenvalue weighted by molar-refractivity contribution is 5.94. The fraction of sp³-hybridized carbons (Fsp3) is 0.231. The molecule has 0 spiro atoms. The van der Waals surface area contributed by atoms with Gasteiger partial charge in [-0.2, -0.15) is 0 Å². The van der Waals surface area contributed by atoms with Gasteiger partial charge in [-0.05, 0) is 41.0 Å². The van der Waals surface area contributed by atoms with Crippen LogP contribution in [0, 0.1) is 0 Å². The molecule has 0 aromatic heterocycles. The van der Waals surface area contributed by atoms with Crippen molar-refractivity contribution in [2.24, 2.45) is 0 Å². The molecule has 0 bridgehead atoms. The molecule has 1 aliphatic rings. The summed E-state index contributed by atoms with van der Waals surface area (Å²) < 4.78 is 15.7. The summed E-state index contributed by atoms with van der Waals surface area (Å²) in [6, 6.07) is 22.9. The predicted molar refractivity (Wildman–Crippen MR) is 124 cm³/mol. The van der Waals surface area contributed by atoms with Crippen molar-refractivity contribution in [3.05, 3.63) is 89.5 Å². The Morgan fingerprint density at radius 1 is 0.909 bits per heavy atom. The van der Waals surface area contributed by atoms with Gasteiger partial charge in [0.05, 0.1) is 13.0 Å². The summed E-state index contributed by atoms with van der Waals surface area (Å²) in [6.45, 7) is 1.07. The number of fused-ring (bicyclic) bond motifs is 1. The Balaban J connectivity index is 1.36. The van der Waals surface area contributed by atoms with Crippen LogP contribution in [0.3, 0.4) is 0 Å². The van der Waals surface area contributed by atoms with E-state index in [1.807, 2.05) is 72.8 Å². The van der Waals surface area contributed by atoms with E-state index < -0.39 is 0 Å². The zero-order valence-electron chi connectivity index (χ0n) is 18.5. The highest BCUT2D eigenvalue weighted by atomic mass is 16.7. The molecule has 0 aliphatic carbocycles. The highest BCUT2D eigenvalue weighted by Crippen LogP contribution is 2.32. The van der Waals surface area contributed by atoms with Crippen LogP contribution in [-0.2, 0) is 33.8 Å². The number of hydrogen-bond acceptors (Lipinski definition) is 5. The Morgan fingerprint density at radius 3 is 2.39 bits per heavy atom. The van der Waals surface area contributed by atoms with Crippen LogP contribution < -0.4 is 19.7 Å². The Morgan fingerprint density at radius 2 is 1.64 bits per heavy atom. The molecule has 0 fully saturated rings. The van der Waals surface area contributed by atoms with E-state index in [-0.39, 0.29) is 31.6 Å². The van der Waals surface area contributed by atoms with Gasteiger partial charge in [0.1, 0.15) is 6.61 Å². The number of methoxy groups -OCH3 is 1.